The Balaban J connectivity index is 1.43. The minimum absolute atomic E-state index is 0.168. The molecule has 2 bridgehead atoms. The number of carbonyl (C=O) groups excluding carboxylic acids is 2. The maximum Gasteiger partial charge on any atom is 0.312 e. The van der Waals surface area contributed by atoms with Crippen LogP contribution >= 0.6 is 15.9 Å². The second-order valence-electron chi connectivity index (χ2n) is 13.2. The van der Waals surface area contributed by atoms with Crippen molar-refractivity contribution in [2.75, 3.05) is 0 Å². The molecule has 3 aromatic carbocycles. The van der Waals surface area contributed by atoms with E-state index in [1.54, 1.807) is 12.1 Å². The lowest BCUT2D eigenvalue weighted by Crippen LogP contribution is -2.62. The van der Waals surface area contributed by atoms with Gasteiger partial charge in [-0.15, -0.1) is 0 Å². The van der Waals surface area contributed by atoms with E-state index in [2.05, 4.69) is 21.2 Å². The van der Waals surface area contributed by atoms with Crippen molar-refractivity contribution >= 4 is 38.7 Å². The number of aromatic nitrogens is 1. The number of amides is 1. The van der Waals surface area contributed by atoms with Crippen molar-refractivity contribution in [3.63, 3.8) is 0 Å². The quantitative estimate of drug-likeness (QED) is 0.221. The molecule has 3 aliphatic carbocycles. The fourth-order valence-corrected chi connectivity index (χ4v) is 7.48. The third-order valence-corrected chi connectivity index (χ3v) is 9.79. The molecule has 3 aliphatic rings. The molecule has 0 spiro atoms. The van der Waals surface area contributed by atoms with Gasteiger partial charge in [0.1, 0.15) is 11.4 Å². The summed E-state index contributed by atoms with van der Waals surface area (Å²) in [6.07, 6.45) is 3.02. The van der Waals surface area contributed by atoms with Gasteiger partial charge in [-0.3, -0.25) is 9.59 Å². The standard InChI is InChI=1S/C36H36BrFN2O3/c1-22-30(27-20-25(37)12-15-29(27)39-31(22)24-8-6-5-7-9-24)32(41)40-36-18-16-35(17-19-36,33(42)43-34(2,3)4)21-28(36)23-10-13-26(38)14-11-23/h5-15,20,28H,16-19,21H2,1-4H3,(H,40,41). The fourth-order valence-electron chi connectivity index (χ4n) is 7.12. The molecule has 3 fully saturated rings. The largest absolute Gasteiger partial charge is 0.460 e. The summed E-state index contributed by atoms with van der Waals surface area (Å²) in [5, 5.41) is 4.28. The van der Waals surface area contributed by atoms with Gasteiger partial charge in [0.15, 0.2) is 0 Å². The summed E-state index contributed by atoms with van der Waals surface area (Å²) in [6, 6.07) is 22.2. The Bertz CT molecular complexity index is 1710. The molecule has 0 aliphatic heterocycles. The van der Waals surface area contributed by atoms with Gasteiger partial charge in [0.2, 0.25) is 0 Å². The fraction of sp³-hybridized carbons (Fsp3) is 0.361. The van der Waals surface area contributed by atoms with Crippen molar-refractivity contribution in [2.45, 2.75) is 76.9 Å². The molecule has 0 saturated heterocycles. The summed E-state index contributed by atoms with van der Waals surface area (Å²) in [5.41, 5.74) is 2.93. The number of hydrogen-bond acceptors (Lipinski definition) is 4. The molecule has 1 heterocycles. The molecule has 222 valence electrons. The van der Waals surface area contributed by atoms with Crippen molar-refractivity contribution in [3.8, 4) is 11.3 Å². The predicted molar refractivity (Wildman–Crippen MR) is 170 cm³/mol. The first-order valence-corrected chi connectivity index (χ1v) is 15.7. The molecular formula is C36H36BrFN2O3. The first-order chi connectivity index (χ1) is 20.4. The number of halogens is 2. The van der Waals surface area contributed by atoms with E-state index in [1.165, 1.54) is 12.1 Å². The van der Waals surface area contributed by atoms with E-state index in [0.717, 1.165) is 37.8 Å². The molecule has 1 aromatic heterocycles. The van der Waals surface area contributed by atoms with Gasteiger partial charge in [-0.25, -0.2) is 9.37 Å². The van der Waals surface area contributed by atoms with Crippen molar-refractivity contribution in [3.05, 3.63) is 99.8 Å². The number of nitrogens with one attached hydrogen (secondary N) is 1. The van der Waals surface area contributed by atoms with E-state index in [1.807, 2.05) is 76.2 Å². The molecule has 4 aromatic rings. The van der Waals surface area contributed by atoms with Gasteiger partial charge in [-0.05, 0) is 101 Å². The van der Waals surface area contributed by atoms with Crippen LogP contribution in [0.15, 0.2) is 77.3 Å². The number of fused-ring (bicyclic) bond motifs is 4. The lowest BCUT2D eigenvalue weighted by atomic mass is 9.51. The smallest absolute Gasteiger partial charge is 0.312 e. The van der Waals surface area contributed by atoms with Crippen molar-refractivity contribution in [1.29, 1.82) is 0 Å². The van der Waals surface area contributed by atoms with Crippen LogP contribution in [0.3, 0.4) is 0 Å². The molecule has 43 heavy (non-hydrogen) atoms. The SMILES string of the molecule is Cc1c(-c2ccccc2)nc2ccc(Br)cc2c1C(=O)NC12CCC(C(=O)OC(C)(C)C)(CC1)CC2c1ccc(F)cc1. The van der Waals surface area contributed by atoms with E-state index in [4.69, 9.17) is 9.72 Å². The third kappa shape index (κ3) is 5.48. The summed E-state index contributed by atoms with van der Waals surface area (Å²) in [5.74, 6) is -0.845. The van der Waals surface area contributed by atoms with Crippen molar-refractivity contribution < 1.29 is 18.7 Å². The first-order valence-electron chi connectivity index (χ1n) is 14.9. The van der Waals surface area contributed by atoms with Gasteiger partial charge in [-0.2, -0.15) is 0 Å². The van der Waals surface area contributed by atoms with Crippen LogP contribution in [0.4, 0.5) is 4.39 Å². The number of hydrogen-bond donors (Lipinski definition) is 1. The summed E-state index contributed by atoms with van der Waals surface area (Å²) >= 11 is 3.58. The Labute approximate surface area is 260 Å². The zero-order chi connectivity index (χ0) is 30.6. The highest BCUT2D eigenvalue weighted by Crippen LogP contribution is 2.59. The van der Waals surface area contributed by atoms with E-state index < -0.39 is 16.6 Å². The number of benzene rings is 3. The lowest BCUT2D eigenvalue weighted by molar-refractivity contribution is -0.176. The number of esters is 1. The molecule has 1 unspecified atom stereocenters. The molecule has 0 radical (unpaired) electrons. The van der Waals surface area contributed by atoms with Gasteiger partial charge >= 0.3 is 5.97 Å². The van der Waals surface area contributed by atoms with Crippen LogP contribution in [0.1, 0.15) is 80.3 Å². The molecule has 7 rings (SSSR count). The van der Waals surface area contributed by atoms with Gasteiger partial charge in [0.05, 0.1) is 22.2 Å². The Kier molecular flexibility index (Phi) is 7.44. The van der Waals surface area contributed by atoms with Crippen LogP contribution < -0.4 is 5.32 Å². The average molecular weight is 644 g/mol. The Hall–Kier alpha value is -3.58. The minimum atomic E-state index is -0.635. The van der Waals surface area contributed by atoms with E-state index >= 15 is 0 Å². The zero-order valence-electron chi connectivity index (χ0n) is 25.0. The van der Waals surface area contributed by atoms with Crippen LogP contribution in [0.5, 0.6) is 0 Å². The number of nitrogens with zero attached hydrogens (tertiary/aromatic N) is 1. The highest BCUT2D eigenvalue weighted by molar-refractivity contribution is 9.10. The maximum absolute atomic E-state index is 14.6. The second kappa shape index (κ2) is 10.8. The van der Waals surface area contributed by atoms with Gasteiger partial charge in [0.25, 0.3) is 5.91 Å². The summed E-state index contributed by atoms with van der Waals surface area (Å²) in [7, 11) is 0. The van der Waals surface area contributed by atoms with Crippen LogP contribution in [0.25, 0.3) is 22.2 Å². The number of rotatable bonds is 5. The van der Waals surface area contributed by atoms with Crippen LogP contribution in [0.2, 0.25) is 0 Å². The highest BCUT2D eigenvalue weighted by atomic mass is 79.9. The summed E-state index contributed by atoms with van der Waals surface area (Å²) in [4.78, 5) is 33.1. The predicted octanol–water partition coefficient (Wildman–Crippen LogP) is 8.67. The van der Waals surface area contributed by atoms with E-state index in [-0.39, 0.29) is 23.6 Å². The zero-order valence-corrected chi connectivity index (χ0v) is 26.6. The summed E-state index contributed by atoms with van der Waals surface area (Å²) in [6.45, 7) is 7.62. The Morgan fingerprint density at radius 3 is 2.30 bits per heavy atom. The molecule has 3 saturated carbocycles. The Morgan fingerprint density at radius 1 is 0.977 bits per heavy atom. The van der Waals surface area contributed by atoms with Gasteiger partial charge in [-0.1, -0.05) is 58.4 Å². The van der Waals surface area contributed by atoms with E-state index in [9.17, 15) is 14.0 Å². The van der Waals surface area contributed by atoms with Crippen LogP contribution in [0, 0.1) is 18.2 Å². The molecule has 1 amide bonds. The molecule has 7 heteroatoms. The van der Waals surface area contributed by atoms with Crippen molar-refractivity contribution in [1.82, 2.24) is 10.3 Å². The maximum atomic E-state index is 14.6. The molecule has 1 N–H and O–H groups in total. The van der Waals surface area contributed by atoms with Gasteiger partial charge < -0.3 is 10.1 Å². The van der Waals surface area contributed by atoms with Crippen LogP contribution in [-0.2, 0) is 9.53 Å². The summed E-state index contributed by atoms with van der Waals surface area (Å²) < 4.78 is 20.8. The molecule has 5 nitrogen and oxygen atoms in total. The first kappa shape index (κ1) is 29.5. The topological polar surface area (TPSA) is 68.3 Å². The highest BCUT2D eigenvalue weighted by Gasteiger charge is 2.59. The normalized spacial score (nSPS) is 23.3. The third-order valence-electron chi connectivity index (χ3n) is 9.29. The molecule has 1 atom stereocenters. The van der Waals surface area contributed by atoms with Crippen molar-refractivity contribution in [2.24, 2.45) is 5.41 Å². The van der Waals surface area contributed by atoms with E-state index in [0.29, 0.717) is 37.7 Å². The van der Waals surface area contributed by atoms with Gasteiger partial charge in [0, 0.05) is 26.9 Å². The monoisotopic (exact) mass is 642 g/mol. The number of carbonyl (C=O) groups is 2. The number of pyridine rings is 1. The molecular weight excluding hydrogens is 607 g/mol. The second-order valence-corrected chi connectivity index (χ2v) is 14.1. The Morgan fingerprint density at radius 2 is 1.65 bits per heavy atom. The lowest BCUT2D eigenvalue weighted by Gasteiger charge is -2.57. The number of ether oxygens (including phenoxy) is 1. The minimum Gasteiger partial charge on any atom is -0.460 e. The van der Waals surface area contributed by atoms with Crippen LogP contribution in [-0.4, -0.2) is 28.0 Å². The average Bonchev–Trinajstić information content (AvgIpc) is 2.97.